The van der Waals surface area contributed by atoms with Gasteiger partial charge in [0.2, 0.25) is 0 Å². The number of hydrogen-bond donors (Lipinski definition) is 0. The van der Waals surface area contributed by atoms with Crippen LogP contribution in [0.4, 0.5) is 0 Å². The van der Waals surface area contributed by atoms with Crippen molar-refractivity contribution in [1.82, 2.24) is 0 Å². The molecule has 0 amide bonds. The van der Waals surface area contributed by atoms with Crippen molar-refractivity contribution in [1.29, 1.82) is 0 Å². The van der Waals surface area contributed by atoms with E-state index in [1.807, 2.05) is 36.4 Å². The highest BCUT2D eigenvalue weighted by atomic mass is 35.5. The molecular weight excluding hydrogens is 239 g/mol. The lowest BCUT2D eigenvalue weighted by Gasteiger charge is -2.02. The van der Waals surface area contributed by atoms with Crippen LogP contribution in [0.3, 0.4) is 0 Å². The molecule has 0 aliphatic heterocycles. The molecule has 0 atom stereocenters. The van der Waals surface area contributed by atoms with Crippen molar-refractivity contribution in [3.63, 3.8) is 0 Å². The van der Waals surface area contributed by atoms with Gasteiger partial charge in [0.15, 0.2) is 0 Å². The smallest absolute Gasteiger partial charge is 0.0496 e. The van der Waals surface area contributed by atoms with Crippen LogP contribution in [0.5, 0.6) is 0 Å². The number of halogens is 2. The van der Waals surface area contributed by atoms with Gasteiger partial charge in [-0.3, -0.25) is 0 Å². The van der Waals surface area contributed by atoms with Gasteiger partial charge in [-0.2, -0.15) is 0 Å². The van der Waals surface area contributed by atoms with Gasteiger partial charge in [-0.25, -0.2) is 0 Å². The largest absolute Gasteiger partial charge is 0.126 e. The van der Waals surface area contributed by atoms with E-state index < -0.39 is 0 Å². The van der Waals surface area contributed by atoms with Crippen LogP contribution in [0.1, 0.15) is 12.0 Å². The first kappa shape index (κ1) is 11.3. The summed E-state index contributed by atoms with van der Waals surface area (Å²) in [5.41, 5.74) is 0.966. The molecule has 2 rings (SSSR count). The summed E-state index contributed by atoms with van der Waals surface area (Å²) in [4.78, 5) is 0. The summed E-state index contributed by atoms with van der Waals surface area (Å²) in [7, 11) is 0. The maximum Gasteiger partial charge on any atom is 0.0496 e. The highest BCUT2D eigenvalue weighted by molar-refractivity contribution is 6.36. The van der Waals surface area contributed by atoms with Crippen molar-refractivity contribution in [3.05, 3.63) is 47.0 Å². The summed E-state index contributed by atoms with van der Waals surface area (Å²) in [6.45, 7) is 0. The summed E-state index contributed by atoms with van der Waals surface area (Å²) in [5.74, 6) is 6.70. The van der Waals surface area contributed by atoms with Crippen LogP contribution in [0.2, 0.25) is 5.02 Å². The Morgan fingerprint density at radius 1 is 1.06 bits per heavy atom. The fourth-order valence-corrected chi connectivity index (χ4v) is 1.98. The van der Waals surface area contributed by atoms with Crippen molar-refractivity contribution < 1.29 is 0 Å². The summed E-state index contributed by atoms with van der Waals surface area (Å²) in [6.07, 6.45) is 0.697. The Balaban J connectivity index is 2.58. The third-order valence-corrected chi connectivity index (χ3v) is 2.80. The van der Waals surface area contributed by atoms with Gasteiger partial charge in [-0.1, -0.05) is 47.7 Å². The number of benzene rings is 2. The van der Waals surface area contributed by atoms with Gasteiger partial charge >= 0.3 is 0 Å². The molecule has 16 heavy (non-hydrogen) atoms. The Labute approximate surface area is 105 Å². The molecule has 2 heteroatoms. The average Bonchev–Trinajstić information content (AvgIpc) is 2.30. The molecule has 0 fully saturated rings. The topological polar surface area (TPSA) is 0 Å². The van der Waals surface area contributed by atoms with E-state index in [4.69, 9.17) is 23.2 Å². The van der Waals surface area contributed by atoms with Crippen LogP contribution in [0, 0.1) is 11.8 Å². The van der Waals surface area contributed by atoms with Gasteiger partial charge < -0.3 is 0 Å². The molecule has 0 radical (unpaired) electrons. The fraction of sp³-hybridized carbons (Fsp3) is 0.143. The van der Waals surface area contributed by atoms with E-state index in [9.17, 15) is 0 Å². The molecule has 0 N–H and O–H groups in total. The molecule has 0 saturated heterocycles. The molecule has 2 aromatic rings. The van der Waals surface area contributed by atoms with Gasteiger partial charge in [0, 0.05) is 28.3 Å². The zero-order valence-electron chi connectivity index (χ0n) is 8.63. The van der Waals surface area contributed by atoms with Crippen LogP contribution < -0.4 is 0 Å². The van der Waals surface area contributed by atoms with Gasteiger partial charge in [-0.05, 0) is 17.5 Å². The number of hydrogen-bond acceptors (Lipinski definition) is 0. The third kappa shape index (κ3) is 2.32. The summed E-state index contributed by atoms with van der Waals surface area (Å²) >= 11 is 11.8. The zero-order chi connectivity index (χ0) is 11.4. The van der Waals surface area contributed by atoms with E-state index in [2.05, 4.69) is 11.8 Å². The maximum atomic E-state index is 6.18. The number of fused-ring (bicyclic) bond motifs is 1. The molecule has 0 aromatic heterocycles. The fourth-order valence-electron chi connectivity index (χ4n) is 1.60. The Morgan fingerprint density at radius 3 is 2.56 bits per heavy atom. The van der Waals surface area contributed by atoms with Gasteiger partial charge in [-0.15, -0.1) is 11.6 Å². The van der Waals surface area contributed by atoms with Crippen molar-refractivity contribution in [2.75, 3.05) is 5.88 Å². The van der Waals surface area contributed by atoms with E-state index in [1.54, 1.807) is 0 Å². The third-order valence-electron chi connectivity index (χ3n) is 2.30. The molecular formula is C14H10Cl2. The van der Waals surface area contributed by atoms with Crippen LogP contribution in [0.25, 0.3) is 10.8 Å². The van der Waals surface area contributed by atoms with E-state index in [0.717, 1.165) is 21.4 Å². The highest BCUT2D eigenvalue weighted by Gasteiger charge is 2.01. The average molecular weight is 249 g/mol. The molecule has 0 spiro atoms. The van der Waals surface area contributed by atoms with Crippen LogP contribution in [-0.4, -0.2) is 5.88 Å². The van der Waals surface area contributed by atoms with Crippen molar-refractivity contribution in [2.24, 2.45) is 0 Å². The van der Waals surface area contributed by atoms with Crippen LogP contribution in [-0.2, 0) is 0 Å². The second kappa shape index (κ2) is 5.25. The Bertz CT molecular complexity index is 556. The Hall–Kier alpha value is -1.16. The molecule has 0 unspecified atom stereocenters. The lowest BCUT2D eigenvalue weighted by molar-refractivity contribution is 1.29. The molecule has 2 aromatic carbocycles. The first-order valence-corrected chi connectivity index (χ1v) is 5.96. The van der Waals surface area contributed by atoms with E-state index >= 15 is 0 Å². The molecule has 0 aliphatic rings. The maximum absolute atomic E-state index is 6.18. The van der Waals surface area contributed by atoms with Gasteiger partial charge in [0.25, 0.3) is 0 Å². The standard InChI is InChI=1S/C14H10Cl2/c15-10-2-1-5-11-6-3-7-12-8-4-9-13(16)14(11)12/h3-4,6-9H,2,10H2. The second-order valence-electron chi connectivity index (χ2n) is 3.38. The lowest BCUT2D eigenvalue weighted by Crippen LogP contribution is -1.81. The SMILES string of the molecule is ClCCC#Cc1cccc2cccc(Cl)c12. The van der Waals surface area contributed by atoms with Crippen molar-refractivity contribution >= 4 is 34.0 Å². The summed E-state index contributed by atoms with van der Waals surface area (Å²) in [6, 6.07) is 11.9. The molecule has 0 saturated carbocycles. The normalized spacial score (nSPS) is 9.88. The second-order valence-corrected chi connectivity index (χ2v) is 4.17. The molecule has 80 valence electrons. The number of alkyl halides is 1. The summed E-state index contributed by atoms with van der Waals surface area (Å²) in [5, 5.41) is 2.88. The molecule has 0 heterocycles. The lowest BCUT2D eigenvalue weighted by atomic mass is 10.0. The van der Waals surface area contributed by atoms with Crippen molar-refractivity contribution in [3.8, 4) is 11.8 Å². The minimum atomic E-state index is 0.561. The van der Waals surface area contributed by atoms with E-state index in [0.29, 0.717) is 12.3 Å². The van der Waals surface area contributed by atoms with Gasteiger partial charge in [0.05, 0.1) is 0 Å². The minimum absolute atomic E-state index is 0.561. The Morgan fingerprint density at radius 2 is 1.81 bits per heavy atom. The number of rotatable bonds is 1. The predicted octanol–water partition coefficient (Wildman–Crippen LogP) is 4.47. The van der Waals surface area contributed by atoms with E-state index in [-0.39, 0.29) is 0 Å². The summed E-state index contributed by atoms with van der Waals surface area (Å²) < 4.78 is 0. The molecule has 0 aliphatic carbocycles. The molecule has 0 bridgehead atoms. The first-order chi connectivity index (χ1) is 7.83. The molecule has 0 nitrogen and oxygen atoms in total. The minimum Gasteiger partial charge on any atom is -0.126 e. The highest BCUT2D eigenvalue weighted by Crippen LogP contribution is 2.26. The van der Waals surface area contributed by atoms with Gasteiger partial charge in [0.1, 0.15) is 0 Å². The first-order valence-electron chi connectivity index (χ1n) is 5.05. The predicted molar refractivity (Wildman–Crippen MR) is 71.2 cm³/mol. The zero-order valence-corrected chi connectivity index (χ0v) is 10.1. The Kier molecular flexibility index (Phi) is 3.72. The van der Waals surface area contributed by atoms with Crippen LogP contribution in [0.15, 0.2) is 36.4 Å². The van der Waals surface area contributed by atoms with Crippen molar-refractivity contribution in [2.45, 2.75) is 6.42 Å². The quantitative estimate of drug-likeness (QED) is 0.516. The van der Waals surface area contributed by atoms with E-state index in [1.165, 1.54) is 0 Å². The monoisotopic (exact) mass is 248 g/mol. The van der Waals surface area contributed by atoms with Crippen LogP contribution >= 0.6 is 23.2 Å².